The Balaban J connectivity index is 2.14. The van der Waals surface area contributed by atoms with Gasteiger partial charge in [0.05, 0.1) is 17.8 Å². The fourth-order valence-electron chi connectivity index (χ4n) is 2.10. The quantitative estimate of drug-likeness (QED) is 0.799. The molecule has 2 N–H and O–H groups in total. The lowest BCUT2D eigenvalue weighted by molar-refractivity contribution is -0.130. The van der Waals surface area contributed by atoms with Crippen LogP contribution in [0.5, 0.6) is 5.75 Å². The van der Waals surface area contributed by atoms with Crippen molar-refractivity contribution in [3.63, 3.8) is 0 Å². The molecule has 25 heavy (non-hydrogen) atoms. The van der Waals surface area contributed by atoms with Crippen molar-refractivity contribution < 1.29 is 23.1 Å². The first-order valence-corrected chi connectivity index (χ1v) is 9.33. The van der Waals surface area contributed by atoms with E-state index in [1.807, 2.05) is 0 Å². The lowest BCUT2D eigenvalue weighted by Gasteiger charge is -2.22. The topological polar surface area (TPSA) is 92.7 Å². The Morgan fingerprint density at radius 2 is 1.72 bits per heavy atom. The van der Waals surface area contributed by atoms with Crippen molar-refractivity contribution in [2.75, 3.05) is 18.2 Å². The molecule has 0 aliphatic carbocycles. The Bertz CT molecular complexity index is 846. The highest BCUT2D eigenvalue weighted by molar-refractivity contribution is 7.91. The number of hydrogen-bond donors (Lipinski definition) is 2. The minimum Gasteiger partial charge on any atom is -0.497 e. The molecule has 1 amide bonds. The Morgan fingerprint density at radius 3 is 2.24 bits per heavy atom. The predicted molar refractivity (Wildman–Crippen MR) is 95.8 cm³/mol. The zero-order valence-electron chi connectivity index (χ0n) is 13.7. The number of nitrogens with one attached hydrogen (secondary N) is 1. The number of amides is 1. The third-order valence-electron chi connectivity index (χ3n) is 3.48. The van der Waals surface area contributed by atoms with E-state index in [9.17, 15) is 18.3 Å². The van der Waals surface area contributed by atoms with Crippen LogP contribution in [0.1, 0.15) is 6.92 Å². The molecule has 8 heteroatoms. The maximum absolute atomic E-state index is 12.5. The zero-order valence-corrected chi connectivity index (χ0v) is 15.3. The normalized spacial score (nSPS) is 13.8. The molecular weight excluding hydrogens is 366 g/mol. The van der Waals surface area contributed by atoms with Gasteiger partial charge in [0.2, 0.25) is 0 Å². The number of anilines is 1. The van der Waals surface area contributed by atoms with Gasteiger partial charge in [0.1, 0.15) is 5.75 Å². The average molecular weight is 384 g/mol. The van der Waals surface area contributed by atoms with Crippen LogP contribution in [0.4, 0.5) is 5.69 Å². The van der Waals surface area contributed by atoms with Crippen LogP contribution in [0.3, 0.4) is 0 Å². The average Bonchev–Trinajstić information content (AvgIpc) is 2.56. The Kier molecular flexibility index (Phi) is 5.72. The molecule has 0 bridgehead atoms. The van der Waals surface area contributed by atoms with Crippen LogP contribution in [0.2, 0.25) is 5.02 Å². The Labute approximate surface area is 151 Å². The van der Waals surface area contributed by atoms with Gasteiger partial charge in [-0.2, -0.15) is 0 Å². The molecule has 0 aliphatic heterocycles. The van der Waals surface area contributed by atoms with Crippen molar-refractivity contribution in [2.24, 2.45) is 0 Å². The highest BCUT2D eigenvalue weighted by atomic mass is 35.5. The molecular formula is C17H18ClNO5S. The van der Waals surface area contributed by atoms with E-state index in [0.29, 0.717) is 16.5 Å². The highest BCUT2D eigenvalue weighted by Gasteiger charge is 2.36. The van der Waals surface area contributed by atoms with Crippen LogP contribution in [0.15, 0.2) is 53.4 Å². The van der Waals surface area contributed by atoms with E-state index in [0.717, 1.165) is 6.92 Å². The number of benzene rings is 2. The minimum atomic E-state index is -3.87. The first-order chi connectivity index (χ1) is 11.6. The summed E-state index contributed by atoms with van der Waals surface area (Å²) in [5, 5.41) is 13.3. The molecule has 2 aromatic carbocycles. The summed E-state index contributed by atoms with van der Waals surface area (Å²) in [6, 6.07) is 12.0. The van der Waals surface area contributed by atoms with Gasteiger partial charge < -0.3 is 15.2 Å². The number of carbonyl (C=O) groups is 1. The molecule has 0 aromatic heterocycles. The SMILES string of the molecule is COc1ccc(S(=O)(=O)C[C@](C)(O)C(=O)Nc2ccc(Cl)cc2)cc1. The van der Waals surface area contributed by atoms with Crippen LogP contribution >= 0.6 is 11.6 Å². The smallest absolute Gasteiger partial charge is 0.257 e. The number of carbonyl (C=O) groups excluding carboxylic acids is 1. The summed E-state index contributed by atoms with van der Waals surface area (Å²) in [5.41, 5.74) is -1.71. The van der Waals surface area contributed by atoms with Crippen LogP contribution in [0, 0.1) is 0 Å². The summed E-state index contributed by atoms with van der Waals surface area (Å²) in [4.78, 5) is 12.2. The molecule has 6 nitrogen and oxygen atoms in total. The summed E-state index contributed by atoms with van der Waals surface area (Å²) < 4.78 is 29.9. The van der Waals surface area contributed by atoms with Gasteiger partial charge in [-0.3, -0.25) is 4.79 Å². The molecule has 0 saturated heterocycles. The second-order valence-electron chi connectivity index (χ2n) is 5.67. The van der Waals surface area contributed by atoms with Gasteiger partial charge in [-0.1, -0.05) is 11.6 Å². The summed E-state index contributed by atoms with van der Waals surface area (Å²) in [7, 11) is -2.41. The standard InChI is InChI=1S/C17H18ClNO5S/c1-17(21,16(20)19-13-5-3-12(18)4-6-13)11-25(22,23)15-9-7-14(24-2)8-10-15/h3-10,21H,11H2,1-2H3,(H,19,20)/t17-/m0/s1. The lowest BCUT2D eigenvalue weighted by Crippen LogP contribution is -2.45. The van der Waals surface area contributed by atoms with E-state index in [1.54, 1.807) is 24.3 Å². The summed E-state index contributed by atoms with van der Waals surface area (Å²) in [5.74, 6) is -1.08. The number of rotatable bonds is 6. The first kappa shape index (κ1) is 19.2. The Morgan fingerprint density at radius 1 is 1.16 bits per heavy atom. The van der Waals surface area contributed by atoms with Gasteiger partial charge in [0, 0.05) is 10.7 Å². The molecule has 0 fully saturated rings. The van der Waals surface area contributed by atoms with Crippen LogP contribution in [0.25, 0.3) is 0 Å². The third-order valence-corrected chi connectivity index (χ3v) is 5.67. The van der Waals surface area contributed by atoms with E-state index >= 15 is 0 Å². The van der Waals surface area contributed by atoms with Gasteiger partial charge >= 0.3 is 0 Å². The fraction of sp³-hybridized carbons (Fsp3) is 0.235. The highest BCUT2D eigenvalue weighted by Crippen LogP contribution is 2.21. The van der Waals surface area contributed by atoms with Crippen molar-refractivity contribution in [1.29, 1.82) is 0 Å². The van der Waals surface area contributed by atoms with E-state index in [2.05, 4.69) is 5.32 Å². The van der Waals surface area contributed by atoms with Gasteiger partial charge in [-0.25, -0.2) is 8.42 Å². The largest absolute Gasteiger partial charge is 0.497 e. The van der Waals surface area contributed by atoms with Crippen molar-refractivity contribution >= 4 is 33.0 Å². The minimum absolute atomic E-state index is 0.00660. The molecule has 0 saturated carbocycles. The molecule has 0 aliphatic rings. The number of hydrogen-bond acceptors (Lipinski definition) is 5. The second kappa shape index (κ2) is 7.43. The molecule has 2 aromatic rings. The van der Waals surface area contributed by atoms with Crippen LogP contribution in [-0.2, 0) is 14.6 Å². The van der Waals surface area contributed by atoms with E-state index in [1.165, 1.54) is 31.4 Å². The summed E-state index contributed by atoms with van der Waals surface area (Å²) >= 11 is 5.76. The second-order valence-corrected chi connectivity index (χ2v) is 8.10. The van der Waals surface area contributed by atoms with E-state index < -0.39 is 27.1 Å². The molecule has 0 unspecified atom stereocenters. The van der Waals surface area contributed by atoms with Crippen LogP contribution < -0.4 is 10.1 Å². The molecule has 2 rings (SSSR count). The first-order valence-electron chi connectivity index (χ1n) is 7.30. The molecule has 0 radical (unpaired) electrons. The predicted octanol–water partition coefficient (Wildman–Crippen LogP) is 2.51. The lowest BCUT2D eigenvalue weighted by atomic mass is 10.1. The van der Waals surface area contributed by atoms with Crippen molar-refractivity contribution in [1.82, 2.24) is 0 Å². The van der Waals surface area contributed by atoms with Gasteiger partial charge in [-0.15, -0.1) is 0 Å². The maximum atomic E-state index is 12.5. The number of halogens is 1. The van der Waals surface area contributed by atoms with E-state index in [-0.39, 0.29) is 4.90 Å². The van der Waals surface area contributed by atoms with Crippen molar-refractivity contribution in [2.45, 2.75) is 17.4 Å². The van der Waals surface area contributed by atoms with E-state index in [4.69, 9.17) is 16.3 Å². The van der Waals surface area contributed by atoms with Crippen molar-refractivity contribution in [3.05, 3.63) is 53.6 Å². The molecule has 0 spiro atoms. The maximum Gasteiger partial charge on any atom is 0.257 e. The third kappa shape index (κ3) is 4.94. The summed E-state index contributed by atoms with van der Waals surface area (Å²) in [6.07, 6.45) is 0. The number of sulfone groups is 1. The molecule has 1 atom stereocenters. The fourth-order valence-corrected chi connectivity index (χ4v) is 3.82. The number of aliphatic hydroxyl groups is 1. The molecule has 134 valence electrons. The zero-order chi connectivity index (χ0) is 18.7. The monoisotopic (exact) mass is 383 g/mol. The molecule has 0 heterocycles. The van der Waals surface area contributed by atoms with Crippen molar-refractivity contribution in [3.8, 4) is 5.75 Å². The van der Waals surface area contributed by atoms with Gasteiger partial charge in [0.25, 0.3) is 5.91 Å². The van der Waals surface area contributed by atoms with Gasteiger partial charge in [0.15, 0.2) is 15.4 Å². The Hall–Kier alpha value is -2.09. The number of methoxy groups -OCH3 is 1. The number of ether oxygens (including phenoxy) is 1. The van der Waals surface area contributed by atoms with Crippen LogP contribution in [-0.4, -0.2) is 37.9 Å². The summed E-state index contributed by atoms with van der Waals surface area (Å²) in [6.45, 7) is 1.15. The van der Waals surface area contributed by atoms with Gasteiger partial charge in [-0.05, 0) is 55.5 Å².